The Balaban J connectivity index is 1.72. The summed E-state index contributed by atoms with van der Waals surface area (Å²) in [5.41, 5.74) is 1.61. The van der Waals surface area contributed by atoms with Crippen molar-refractivity contribution >= 4 is 39.5 Å². The van der Waals surface area contributed by atoms with E-state index in [1.54, 1.807) is 19.3 Å². The second-order valence-electron chi connectivity index (χ2n) is 5.21. The molecule has 0 saturated heterocycles. The van der Waals surface area contributed by atoms with Crippen LogP contribution in [0, 0.1) is 0 Å². The molecule has 130 valence electrons. The molecule has 25 heavy (non-hydrogen) atoms. The number of hydrogen-bond donors (Lipinski definition) is 2. The summed E-state index contributed by atoms with van der Waals surface area (Å²) in [6.45, 7) is 0.269. The van der Waals surface area contributed by atoms with E-state index in [1.807, 2.05) is 42.5 Å². The fourth-order valence-corrected chi connectivity index (χ4v) is 2.43. The molecule has 0 unspecified atom stereocenters. The normalized spacial score (nSPS) is 10.5. The number of methoxy groups -OCH3 is 1. The minimum absolute atomic E-state index is 0.155. The van der Waals surface area contributed by atoms with Crippen LogP contribution in [0.1, 0.15) is 12.0 Å². The molecule has 0 saturated carbocycles. The van der Waals surface area contributed by atoms with Gasteiger partial charge in [-0.05, 0) is 42.0 Å². The molecule has 2 aromatic rings. The van der Waals surface area contributed by atoms with E-state index < -0.39 is 0 Å². The number of carbonyl (C=O) groups is 2. The lowest BCUT2D eigenvalue weighted by atomic mass is 10.2. The first-order valence-corrected chi connectivity index (χ1v) is 8.51. The molecule has 6 heteroatoms. The van der Waals surface area contributed by atoms with Crippen molar-refractivity contribution in [2.24, 2.45) is 0 Å². The summed E-state index contributed by atoms with van der Waals surface area (Å²) in [4.78, 5) is 23.6. The first-order valence-electron chi connectivity index (χ1n) is 7.72. The number of rotatable bonds is 7. The van der Waals surface area contributed by atoms with Crippen molar-refractivity contribution in [1.29, 1.82) is 0 Å². The minimum atomic E-state index is -0.244. The predicted octanol–water partition coefficient (Wildman–Crippen LogP) is 3.62. The fourth-order valence-electron chi connectivity index (χ4n) is 2.03. The van der Waals surface area contributed by atoms with Crippen molar-refractivity contribution in [2.45, 2.75) is 6.42 Å². The van der Waals surface area contributed by atoms with E-state index in [-0.39, 0.29) is 24.8 Å². The van der Waals surface area contributed by atoms with Crippen molar-refractivity contribution in [3.8, 4) is 5.75 Å². The molecule has 0 heterocycles. The van der Waals surface area contributed by atoms with E-state index in [9.17, 15) is 9.59 Å². The zero-order chi connectivity index (χ0) is 18.1. The monoisotopic (exact) mass is 402 g/mol. The molecule has 0 spiro atoms. The van der Waals surface area contributed by atoms with Gasteiger partial charge in [-0.3, -0.25) is 9.59 Å². The number of benzene rings is 2. The van der Waals surface area contributed by atoms with Crippen molar-refractivity contribution in [3.05, 3.63) is 64.6 Å². The first-order chi connectivity index (χ1) is 12.1. The van der Waals surface area contributed by atoms with Crippen LogP contribution in [0.5, 0.6) is 5.75 Å². The molecular weight excluding hydrogens is 384 g/mol. The van der Waals surface area contributed by atoms with Gasteiger partial charge >= 0.3 is 0 Å². The van der Waals surface area contributed by atoms with Crippen LogP contribution in [0.3, 0.4) is 0 Å². The van der Waals surface area contributed by atoms with Crippen LogP contribution in [-0.4, -0.2) is 25.5 Å². The van der Waals surface area contributed by atoms with Crippen LogP contribution >= 0.6 is 15.9 Å². The Morgan fingerprint density at radius 2 is 1.92 bits per heavy atom. The molecule has 0 aliphatic rings. The Morgan fingerprint density at radius 3 is 2.60 bits per heavy atom. The van der Waals surface area contributed by atoms with Gasteiger partial charge < -0.3 is 15.4 Å². The van der Waals surface area contributed by atoms with E-state index in [2.05, 4.69) is 26.6 Å². The van der Waals surface area contributed by atoms with E-state index >= 15 is 0 Å². The molecule has 2 rings (SSSR count). The van der Waals surface area contributed by atoms with Gasteiger partial charge in [0.15, 0.2) is 0 Å². The fraction of sp³-hybridized carbons (Fsp3) is 0.158. The molecule has 0 aliphatic carbocycles. The van der Waals surface area contributed by atoms with Gasteiger partial charge in [-0.25, -0.2) is 0 Å². The largest absolute Gasteiger partial charge is 0.497 e. The summed E-state index contributed by atoms with van der Waals surface area (Å²) >= 11 is 3.35. The SMILES string of the molecule is COc1ccc(/C=C/C(=O)NCCC(=O)Nc2cccc(Br)c2)cc1. The minimum Gasteiger partial charge on any atom is -0.497 e. The third-order valence-electron chi connectivity index (χ3n) is 3.30. The summed E-state index contributed by atoms with van der Waals surface area (Å²) in [5.74, 6) is 0.363. The third-order valence-corrected chi connectivity index (χ3v) is 3.80. The number of ether oxygens (including phenoxy) is 1. The van der Waals surface area contributed by atoms with Crippen LogP contribution in [-0.2, 0) is 9.59 Å². The van der Waals surface area contributed by atoms with Gasteiger partial charge in [0.05, 0.1) is 7.11 Å². The van der Waals surface area contributed by atoms with Gasteiger partial charge in [-0.2, -0.15) is 0 Å². The Morgan fingerprint density at radius 1 is 1.16 bits per heavy atom. The standard InChI is InChI=1S/C19H19BrN2O3/c1-25-17-8-5-14(6-9-17)7-10-18(23)21-12-11-19(24)22-16-4-2-3-15(20)13-16/h2-10,13H,11-12H2,1H3,(H,21,23)(H,22,24)/b10-7+. The van der Waals surface area contributed by atoms with Crippen molar-refractivity contribution < 1.29 is 14.3 Å². The Labute approximate surface area is 155 Å². The summed E-state index contributed by atoms with van der Waals surface area (Å²) in [6.07, 6.45) is 3.35. The molecule has 0 atom stereocenters. The van der Waals surface area contributed by atoms with Gasteiger partial charge in [0.25, 0.3) is 0 Å². The quantitative estimate of drug-likeness (QED) is 0.694. The Hall–Kier alpha value is -2.60. The Bertz CT molecular complexity index is 758. The van der Waals surface area contributed by atoms with Crippen molar-refractivity contribution in [3.63, 3.8) is 0 Å². The molecular formula is C19H19BrN2O3. The maximum absolute atomic E-state index is 11.8. The summed E-state index contributed by atoms with van der Waals surface area (Å²) < 4.78 is 5.97. The number of anilines is 1. The molecule has 5 nitrogen and oxygen atoms in total. The molecule has 2 N–H and O–H groups in total. The number of amides is 2. The maximum atomic E-state index is 11.8. The number of nitrogens with one attached hydrogen (secondary N) is 2. The highest BCUT2D eigenvalue weighted by Gasteiger charge is 2.03. The summed E-state index contributed by atoms with van der Waals surface area (Å²) in [6, 6.07) is 14.7. The predicted molar refractivity (Wildman–Crippen MR) is 102 cm³/mol. The zero-order valence-electron chi connectivity index (χ0n) is 13.8. The maximum Gasteiger partial charge on any atom is 0.244 e. The molecule has 0 aliphatic heterocycles. The van der Waals surface area contributed by atoms with Crippen LogP contribution in [0.15, 0.2) is 59.1 Å². The second kappa shape index (κ2) is 9.64. The number of hydrogen-bond acceptors (Lipinski definition) is 3. The van der Waals surface area contributed by atoms with E-state index in [4.69, 9.17) is 4.74 Å². The van der Waals surface area contributed by atoms with Crippen LogP contribution in [0.25, 0.3) is 6.08 Å². The molecule has 2 amide bonds. The van der Waals surface area contributed by atoms with Gasteiger partial charge in [0, 0.05) is 29.2 Å². The van der Waals surface area contributed by atoms with Gasteiger partial charge in [-0.1, -0.05) is 34.1 Å². The third kappa shape index (κ3) is 6.81. The van der Waals surface area contributed by atoms with Gasteiger partial charge in [0.1, 0.15) is 5.75 Å². The smallest absolute Gasteiger partial charge is 0.244 e. The van der Waals surface area contributed by atoms with Crippen LogP contribution in [0.4, 0.5) is 5.69 Å². The van der Waals surface area contributed by atoms with E-state index in [0.29, 0.717) is 5.69 Å². The molecule has 0 bridgehead atoms. The average molecular weight is 403 g/mol. The topological polar surface area (TPSA) is 67.4 Å². The van der Waals surface area contributed by atoms with Gasteiger partial charge in [0.2, 0.25) is 11.8 Å². The molecule has 0 radical (unpaired) electrons. The summed E-state index contributed by atoms with van der Waals surface area (Å²) in [5, 5.41) is 5.46. The van der Waals surface area contributed by atoms with Gasteiger partial charge in [-0.15, -0.1) is 0 Å². The highest BCUT2D eigenvalue weighted by Crippen LogP contribution is 2.15. The highest BCUT2D eigenvalue weighted by molar-refractivity contribution is 9.10. The van der Waals surface area contributed by atoms with E-state index in [0.717, 1.165) is 15.8 Å². The summed E-state index contributed by atoms with van der Waals surface area (Å²) in [7, 11) is 1.60. The first kappa shape index (κ1) is 18.7. The van der Waals surface area contributed by atoms with Crippen LogP contribution < -0.4 is 15.4 Å². The van der Waals surface area contributed by atoms with Crippen LogP contribution in [0.2, 0.25) is 0 Å². The lowest BCUT2D eigenvalue weighted by Gasteiger charge is -2.06. The number of carbonyl (C=O) groups excluding carboxylic acids is 2. The zero-order valence-corrected chi connectivity index (χ0v) is 15.4. The average Bonchev–Trinajstić information content (AvgIpc) is 2.60. The number of halogens is 1. The Kier molecular flexibility index (Phi) is 7.22. The lowest BCUT2D eigenvalue weighted by Crippen LogP contribution is -2.26. The lowest BCUT2D eigenvalue weighted by molar-refractivity contribution is -0.117. The molecule has 0 aromatic heterocycles. The second-order valence-corrected chi connectivity index (χ2v) is 6.12. The molecule has 0 fully saturated rings. The molecule has 2 aromatic carbocycles. The van der Waals surface area contributed by atoms with E-state index in [1.165, 1.54) is 6.08 Å². The highest BCUT2D eigenvalue weighted by atomic mass is 79.9. The van der Waals surface area contributed by atoms with Crippen molar-refractivity contribution in [1.82, 2.24) is 5.32 Å². The van der Waals surface area contributed by atoms with Crippen molar-refractivity contribution in [2.75, 3.05) is 19.0 Å².